The van der Waals surface area contributed by atoms with Crippen LogP contribution in [0.15, 0.2) is 73.1 Å². The fourth-order valence-corrected chi connectivity index (χ4v) is 3.53. The van der Waals surface area contributed by atoms with Gasteiger partial charge in [-0.3, -0.25) is 4.90 Å². The van der Waals surface area contributed by atoms with E-state index in [2.05, 4.69) is 88.2 Å². The highest BCUT2D eigenvalue weighted by Gasteiger charge is 2.28. The number of hydrogen-bond donors (Lipinski definition) is 0. The molecule has 1 atom stereocenters. The molecule has 0 spiro atoms. The van der Waals surface area contributed by atoms with E-state index in [1.165, 1.54) is 24.0 Å². The molecule has 3 aromatic rings. The maximum absolute atomic E-state index is 4.68. The summed E-state index contributed by atoms with van der Waals surface area (Å²) in [5.74, 6) is 2.01. The van der Waals surface area contributed by atoms with Gasteiger partial charge in [0.05, 0.1) is 6.54 Å². The largest absolute Gasteiger partial charge is 0.329 e. The molecule has 1 saturated carbocycles. The van der Waals surface area contributed by atoms with Crippen LogP contribution in [0.4, 0.5) is 0 Å². The molecule has 4 rings (SSSR count). The summed E-state index contributed by atoms with van der Waals surface area (Å²) in [5.41, 5.74) is 2.70. The number of aromatic nitrogens is 2. The van der Waals surface area contributed by atoms with E-state index in [0.717, 1.165) is 31.4 Å². The van der Waals surface area contributed by atoms with Gasteiger partial charge in [0.1, 0.15) is 5.82 Å². The molecule has 0 saturated heterocycles. The summed E-state index contributed by atoms with van der Waals surface area (Å²) >= 11 is 0. The number of rotatable bonds is 8. The molecule has 1 unspecified atom stereocenters. The Morgan fingerprint density at radius 3 is 2.42 bits per heavy atom. The normalized spacial score (nSPS) is 15.3. The van der Waals surface area contributed by atoms with Crippen LogP contribution in [-0.2, 0) is 13.1 Å². The fraction of sp³-hybridized carbons (Fsp3) is 0.348. The number of imidazole rings is 1. The Bertz CT molecular complexity index is 806. The summed E-state index contributed by atoms with van der Waals surface area (Å²) in [6.45, 7) is 5.26. The Balaban J connectivity index is 1.52. The lowest BCUT2D eigenvalue weighted by Gasteiger charge is -2.29. The van der Waals surface area contributed by atoms with E-state index in [9.17, 15) is 0 Å². The van der Waals surface area contributed by atoms with Gasteiger partial charge in [0, 0.05) is 31.5 Å². The Labute approximate surface area is 156 Å². The van der Waals surface area contributed by atoms with Gasteiger partial charge < -0.3 is 4.57 Å². The topological polar surface area (TPSA) is 21.1 Å². The van der Waals surface area contributed by atoms with Crippen LogP contribution in [0.3, 0.4) is 0 Å². The van der Waals surface area contributed by atoms with Crippen LogP contribution < -0.4 is 0 Å². The van der Waals surface area contributed by atoms with E-state index in [-0.39, 0.29) is 0 Å². The van der Waals surface area contributed by atoms with Crippen molar-refractivity contribution in [2.75, 3.05) is 6.54 Å². The lowest BCUT2D eigenvalue weighted by molar-refractivity contribution is 0.185. The first kappa shape index (κ1) is 17.0. The van der Waals surface area contributed by atoms with Gasteiger partial charge in [0.2, 0.25) is 0 Å². The van der Waals surface area contributed by atoms with E-state index in [0.29, 0.717) is 6.04 Å². The molecule has 2 aromatic carbocycles. The summed E-state index contributed by atoms with van der Waals surface area (Å²) in [6, 6.07) is 21.9. The molecule has 1 fully saturated rings. The molecule has 0 bridgehead atoms. The predicted molar refractivity (Wildman–Crippen MR) is 106 cm³/mol. The molecule has 1 aromatic heterocycles. The fourth-order valence-electron chi connectivity index (χ4n) is 3.53. The van der Waals surface area contributed by atoms with Gasteiger partial charge in [-0.2, -0.15) is 0 Å². The minimum absolute atomic E-state index is 0.402. The molecule has 0 amide bonds. The average molecular weight is 345 g/mol. The van der Waals surface area contributed by atoms with Crippen molar-refractivity contribution >= 4 is 0 Å². The molecule has 134 valence electrons. The zero-order chi connectivity index (χ0) is 17.8. The van der Waals surface area contributed by atoms with E-state index < -0.39 is 0 Å². The number of nitrogens with zero attached hydrogens (tertiary/aromatic N) is 3. The number of hydrogen-bond acceptors (Lipinski definition) is 2. The maximum Gasteiger partial charge on any atom is 0.123 e. The van der Waals surface area contributed by atoms with Crippen molar-refractivity contribution in [1.82, 2.24) is 14.5 Å². The van der Waals surface area contributed by atoms with Crippen molar-refractivity contribution in [1.29, 1.82) is 0 Å². The van der Waals surface area contributed by atoms with Crippen LogP contribution in [-0.4, -0.2) is 21.0 Å². The highest BCUT2D eigenvalue weighted by molar-refractivity contribution is 5.19. The molecule has 1 aliphatic carbocycles. The Kier molecular flexibility index (Phi) is 5.16. The van der Waals surface area contributed by atoms with Crippen molar-refractivity contribution in [3.05, 3.63) is 90.0 Å². The SMILES string of the molecule is CC(c1ccccc1)N(Cc1nccn1Cc1ccccc1)CC1CC1. The molecule has 0 N–H and O–H groups in total. The third kappa shape index (κ3) is 4.23. The van der Waals surface area contributed by atoms with Crippen molar-refractivity contribution in [3.63, 3.8) is 0 Å². The first-order chi connectivity index (χ1) is 12.8. The second kappa shape index (κ2) is 7.88. The van der Waals surface area contributed by atoms with Crippen LogP contribution in [0.1, 0.15) is 42.8 Å². The summed E-state index contributed by atoms with van der Waals surface area (Å²) in [5, 5.41) is 0. The van der Waals surface area contributed by atoms with Crippen LogP contribution in [0, 0.1) is 5.92 Å². The highest BCUT2D eigenvalue weighted by Crippen LogP contribution is 2.33. The van der Waals surface area contributed by atoms with Gasteiger partial charge in [0.15, 0.2) is 0 Å². The molecule has 1 aliphatic rings. The van der Waals surface area contributed by atoms with Gasteiger partial charge in [-0.25, -0.2) is 4.98 Å². The molecule has 0 radical (unpaired) electrons. The van der Waals surface area contributed by atoms with Crippen LogP contribution in [0.5, 0.6) is 0 Å². The molecule has 26 heavy (non-hydrogen) atoms. The molecule has 1 heterocycles. The first-order valence-corrected chi connectivity index (χ1v) is 9.62. The van der Waals surface area contributed by atoms with Crippen molar-refractivity contribution < 1.29 is 0 Å². The van der Waals surface area contributed by atoms with Gasteiger partial charge in [0.25, 0.3) is 0 Å². The van der Waals surface area contributed by atoms with Crippen LogP contribution in [0.25, 0.3) is 0 Å². The zero-order valence-electron chi connectivity index (χ0n) is 15.5. The van der Waals surface area contributed by atoms with Gasteiger partial charge in [-0.15, -0.1) is 0 Å². The zero-order valence-corrected chi connectivity index (χ0v) is 15.5. The molecule has 3 heteroatoms. The predicted octanol–water partition coefficient (Wildman–Crippen LogP) is 4.90. The Morgan fingerprint density at radius 2 is 1.73 bits per heavy atom. The second-order valence-electron chi connectivity index (χ2n) is 7.42. The lowest BCUT2D eigenvalue weighted by Crippen LogP contribution is -2.30. The van der Waals surface area contributed by atoms with Crippen LogP contribution in [0.2, 0.25) is 0 Å². The molecule has 3 nitrogen and oxygen atoms in total. The van der Waals surface area contributed by atoms with Gasteiger partial charge in [-0.1, -0.05) is 60.7 Å². The summed E-state index contributed by atoms with van der Waals surface area (Å²) < 4.78 is 2.28. The summed E-state index contributed by atoms with van der Waals surface area (Å²) in [4.78, 5) is 7.27. The summed E-state index contributed by atoms with van der Waals surface area (Å²) in [7, 11) is 0. The highest BCUT2D eigenvalue weighted by atomic mass is 15.2. The maximum atomic E-state index is 4.68. The van der Waals surface area contributed by atoms with Crippen LogP contribution >= 0.6 is 0 Å². The van der Waals surface area contributed by atoms with E-state index in [4.69, 9.17) is 0 Å². The van der Waals surface area contributed by atoms with Gasteiger partial charge >= 0.3 is 0 Å². The third-order valence-electron chi connectivity index (χ3n) is 5.36. The third-order valence-corrected chi connectivity index (χ3v) is 5.36. The van der Waals surface area contributed by atoms with Crippen molar-refractivity contribution in [3.8, 4) is 0 Å². The minimum Gasteiger partial charge on any atom is -0.329 e. The quantitative estimate of drug-likeness (QED) is 0.579. The van der Waals surface area contributed by atoms with Gasteiger partial charge in [-0.05, 0) is 36.8 Å². The van der Waals surface area contributed by atoms with E-state index in [1.807, 2.05) is 6.20 Å². The minimum atomic E-state index is 0.402. The average Bonchev–Trinajstić information content (AvgIpc) is 3.41. The lowest BCUT2D eigenvalue weighted by atomic mass is 10.1. The smallest absolute Gasteiger partial charge is 0.123 e. The van der Waals surface area contributed by atoms with Crippen molar-refractivity contribution in [2.24, 2.45) is 5.92 Å². The molecule has 0 aliphatic heterocycles. The summed E-state index contributed by atoms with van der Waals surface area (Å²) in [6.07, 6.45) is 6.78. The molecular weight excluding hydrogens is 318 g/mol. The standard InChI is InChI=1S/C23H27N3/c1-19(22-10-6-3-7-11-22)26(17-21-12-13-21)18-23-24-14-15-25(23)16-20-8-4-2-5-9-20/h2-11,14-15,19,21H,12-13,16-18H2,1H3. The molecular formula is C23H27N3. The first-order valence-electron chi connectivity index (χ1n) is 9.62. The number of benzene rings is 2. The monoisotopic (exact) mass is 345 g/mol. The second-order valence-corrected chi connectivity index (χ2v) is 7.42. The Hall–Kier alpha value is -2.39. The van der Waals surface area contributed by atoms with Crippen molar-refractivity contribution in [2.45, 2.75) is 38.9 Å². The van der Waals surface area contributed by atoms with E-state index in [1.54, 1.807) is 0 Å². The Morgan fingerprint density at radius 1 is 1.04 bits per heavy atom. The van der Waals surface area contributed by atoms with E-state index >= 15 is 0 Å².